The van der Waals surface area contributed by atoms with E-state index in [1.165, 1.54) is 0 Å². The highest BCUT2D eigenvalue weighted by Crippen LogP contribution is 2.24. The van der Waals surface area contributed by atoms with Gasteiger partial charge in [-0.05, 0) is 31.0 Å². The molecule has 3 rings (SSSR count). The molecule has 20 heavy (non-hydrogen) atoms. The highest BCUT2D eigenvalue weighted by molar-refractivity contribution is 6.33. The summed E-state index contributed by atoms with van der Waals surface area (Å²) < 4.78 is 0. The summed E-state index contributed by atoms with van der Waals surface area (Å²) in [4.78, 5) is 10.7. The maximum Gasteiger partial charge on any atom is 0.128 e. The van der Waals surface area contributed by atoms with Crippen molar-refractivity contribution in [1.82, 2.24) is 9.97 Å². The maximum absolute atomic E-state index is 6.12. The van der Waals surface area contributed by atoms with E-state index in [9.17, 15) is 0 Å². The van der Waals surface area contributed by atoms with Crippen molar-refractivity contribution >= 4 is 23.1 Å². The molecule has 0 unspecified atom stereocenters. The third-order valence-corrected chi connectivity index (χ3v) is 3.90. The van der Waals surface area contributed by atoms with Crippen LogP contribution in [-0.4, -0.2) is 29.1 Å². The van der Waals surface area contributed by atoms with Crippen LogP contribution >= 0.6 is 11.6 Å². The Balaban J connectivity index is 1.58. The molecule has 0 radical (unpaired) electrons. The molecule has 0 aliphatic carbocycles. The van der Waals surface area contributed by atoms with Crippen LogP contribution in [0.3, 0.4) is 0 Å². The predicted molar refractivity (Wildman–Crippen MR) is 82.3 cm³/mol. The van der Waals surface area contributed by atoms with Gasteiger partial charge < -0.3 is 10.2 Å². The summed E-state index contributed by atoms with van der Waals surface area (Å²) >= 11 is 6.12. The first-order chi connectivity index (χ1) is 9.83. The van der Waals surface area contributed by atoms with Gasteiger partial charge in [-0.1, -0.05) is 17.7 Å². The number of anilines is 2. The van der Waals surface area contributed by atoms with E-state index in [0.717, 1.165) is 37.4 Å². The van der Waals surface area contributed by atoms with E-state index in [1.807, 2.05) is 24.4 Å². The van der Waals surface area contributed by atoms with Gasteiger partial charge >= 0.3 is 0 Å². The van der Waals surface area contributed by atoms with Crippen LogP contribution in [0.25, 0.3) is 0 Å². The quantitative estimate of drug-likeness (QED) is 0.941. The minimum absolute atomic E-state index is 0.454. The van der Waals surface area contributed by atoms with Crippen LogP contribution in [-0.2, 0) is 0 Å². The first kappa shape index (κ1) is 13.2. The second-order valence-corrected chi connectivity index (χ2v) is 5.36. The molecule has 1 aliphatic rings. The largest absolute Gasteiger partial charge is 0.381 e. The Morgan fingerprint density at radius 1 is 1.15 bits per heavy atom. The third kappa shape index (κ3) is 3.02. The predicted octanol–water partition coefficient (Wildman–Crippen LogP) is 3.21. The fourth-order valence-electron chi connectivity index (χ4n) is 2.51. The lowest BCUT2D eigenvalue weighted by Crippen LogP contribution is -2.39. The number of piperidine rings is 1. The molecule has 1 aliphatic heterocycles. The zero-order chi connectivity index (χ0) is 13.8. The van der Waals surface area contributed by atoms with Gasteiger partial charge in [-0.25, -0.2) is 4.98 Å². The summed E-state index contributed by atoms with van der Waals surface area (Å²) in [5.41, 5.74) is 0.970. The molecule has 0 saturated carbocycles. The average Bonchev–Trinajstić information content (AvgIpc) is 2.51. The Labute approximate surface area is 123 Å². The summed E-state index contributed by atoms with van der Waals surface area (Å²) in [6.45, 7) is 2.02. The molecular weight excluding hydrogens is 272 g/mol. The van der Waals surface area contributed by atoms with Crippen LogP contribution in [0.2, 0.25) is 5.02 Å². The number of hydrogen-bond donors (Lipinski definition) is 1. The molecular formula is C15H17ClN4. The maximum atomic E-state index is 6.12. The first-order valence-electron chi connectivity index (χ1n) is 6.85. The Hall–Kier alpha value is -1.81. The molecule has 0 amide bonds. The second kappa shape index (κ2) is 6.09. The number of pyridine rings is 2. The van der Waals surface area contributed by atoms with E-state index in [-0.39, 0.29) is 0 Å². The number of halogens is 1. The minimum Gasteiger partial charge on any atom is -0.381 e. The van der Waals surface area contributed by atoms with Crippen molar-refractivity contribution in [2.75, 3.05) is 23.3 Å². The molecule has 0 atom stereocenters. The molecule has 0 spiro atoms. The Morgan fingerprint density at radius 3 is 2.70 bits per heavy atom. The van der Waals surface area contributed by atoms with Crippen molar-refractivity contribution < 1.29 is 0 Å². The lowest BCUT2D eigenvalue weighted by atomic mass is 10.0. The van der Waals surface area contributed by atoms with Gasteiger partial charge in [0, 0.05) is 37.7 Å². The van der Waals surface area contributed by atoms with E-state index < -0.39 is 0 Å². The summed E-state index contributed by atoms with van der Waals surface area (Å²) in [6, 6.07) is 8.42. The highest BCUT2D eigenvalue weighted by atomic mass is 35.5. The molecule has 3 heterocycles. The zero-order valence-electron chi connectivity index (χ0n) is 11.2. The summed E-state index contributed by atoms with van der Waals surface area (Å²) in [5.74, 6) is 1.06. The summed E-state index contributed by atoms with van der Waals surface area (Å²) in [5, 5.41) is 4.18. The molecule has 0 aromatic carbocycles. The fourth-order valence-corrected chi connectivity index (χ4v) is 2.68. The van der Waals surface area contributed by atoms with Gasteiger partial charge in [0.1, 0.15) is 5.82 Å². The van der Waals surface area contributed by atoms with E-state index in [2.05, 4.69) is 26.3 Å². The van der Waals surface area contributed by atoms with Gasteiger partial charge in [-0.15, -0.1) is 0 Å². The summed E-state index contributed by atoms with van der Waals surface area (Å²) in [6.07, 6.45) is 7.44. The Bertz CT molecular complexity index is 553. The lowest BCUT2D eigenvalue weighted by molar-refractivity contribution is 0.523. The van der Waals surface area contributed by atoms with Crippen molar-refractivity contribution in [1.29, 1.82) is 0 Å². The van der Waals surface area contributed by atoms with Crippen LogP contribution in [0.4, 0.5) is 11.5 Å². The van der Waals surface area contributed by atoms with Crippen LogP contribution in [0, 0.1) is 0 Å². The van der Waals surface area contributed by atoms with E-state index in [1.54, 1.807) is 12.4 Å². The van der Waals surface area contributed by atoms with E-state index in [4.69, 9.17) is 11.6 Å². The van der Waals surface area contributed by atoms with Gasteiger partial charge in [-0.3, -0.25) is 4.98 Å². The van der Waals surface area contributed by atoms with Crippen molar-refractivity contribution in [2.24, 2.45) is 0 Å². The van der Waals surface area contributed by atoms with Crippen LogP contribution in [0.5, 0.6) is 0 Å². The number of nitrogens with zero attached hydrogens (tertiary/aromatic N) is 3. The molecule has 1 fully saturated rings. The molecule has 2 aromatic rings. The fraction of sp³-hybridized carbons (Fsp3) is 0.333. The molecule has 5 heteroatoms. The molecule has 2 aromatic heterocycles. The number of aromatic nitrogens is 2. The van der Waals surface area contributed by atoms with Crippen LogP contribution in [0.15, 0.2) is 42.9 Å². The second-order valence-electron chi connectivity index (χ2n) is 4.95. The molecule has 4 nitrogen and oxygen atoms in total. The van der Waals surface area contributed by atoms with Gasteiger partial charge in [0.05, 0.1) is 10.7 Å². The number of rotatable bonds is 3. The topological polar surface area (TPSA) is 41.1 Å². The third-order valence-electron chi connectivity index (χ3n) is 3.60. The first-order valence-corrected chi connectivity index (χ1v) is 7.23. The van der Waals surface area contributed by atoms with Gasteiger partial charge in [0.25, 0.3) is 0 Å². The number of hydrogen-bond acceptors (Lipinski definition) is 4. The zero-order valence-corrected chi connectivity index (χ0v) is 11.9. The number of nitrogens with one attached hydrogen (secondary N) is 1. The minimum atomic E-state index is 0.454. The van der Waals surface area contributed by atoms with Crippen LogP contribution in [0.1, 0.15) is 12.8 Å². The van der Waals surface area contributed by atoms with Crippen molar-refractivity contribution in [3.8, 4) is 0 Å². The molecule has 1 N–H and O–H groups in total. The molecule has 0 bridgehead atoms. The van der Waals surface area contributed by atoms with Gasteiger partial charge in [0.15, 0.2) is 0 Å². The van der Waals surface area contributed by atoms with E-state index in [0.29, 0.717) is 11.1 Å². The molecule has 1 saturated heterocycles. The van der Waals surface area contributed by atoms with Crippen LogP contribution < -0.4 is 10.2 Å². The average molecular weight is 289 g/mol. The van der Waals surface area contributed by atoms with E-state index >= 15 is 0 Å². The van der Waals surface area contributed by atoms with Gasteiger partial charge in [0.2, 0.25) is 0 Å². The molecule has 104 valence electrons. The van der Waals surface area contributed by atoms with Crippen molar-refractivity contribution in [3.63, 3.8) is 0 Å². The SMILES string of the molecule is Clc1cnccc1NC1CCN(c2ccccn2)CC1. The monoisotopic (exact) mass is 288 g/mol. The Kier molecular flexibility index (Phi) is 4.02. The smallest absolute Gasteiger partial charge is 0.128 e. The van der Waals surface area contributed by atoms with Gasteiger partial charge in [-0.2, -0.15) is 0 Å². The standard InChI is InChI=1S/C15H17ClN4/c16-13-11-17-8-4-14(13)19-12-5-9-20(10-6-12)15-3-1-2-7-18-15/h1-4,7-8,11-12H,5-6,9-10H2,(H,17,19). The lowest BCUT2D eigenvalue weighted by Gasteiger charge is -2.33. The Morgan fingerprint density at radius 2 is 2.00 bits per heavy atom. The normalized spacial score (nSPS) is 16.1. The summed E-state index contributed by atoms with van der Waals surface area (Å²) in [7, 11) is 0. The van der Waals surface area contributed by atoms with Crippen molar-refractivity contribution in [3.05, 3.63) is 47.9 Å². The van der Waals surface area contributed by atoms with Crippen molar-refractivity contribution in [2.45, 2.75) is 18.9 Å². The highest BCUT2D eigenvalue weighted by Gasteiger charge is 2.20.